The smallest absolute Gasteiger partial charge is 0.142 e. The summed E-state index contributed by atoms with van der Waals surface area (Å²) in [6.45, 7) is 0.738. The molecule has 0 aromatic carbocycles. The third-order valence-electron chi connectivity index (χ3n) is 2.63. The maximum atomic E-state index is 8.64. The van der Waals surface area contributed by atoms with Gasteiger partial charge in [0.15, 0.2) is 0 Å². The molecule has 3 N–H and O–H groups in total. The van der Waals surface area contributed by atoms with Crippen LogP contribution < -0.4 is 16.2 Å². The van der Waals surface area contributed by atoms with Crippen LogP contribution in [-0.4, -0.2) is 17.6 Å². The second kappa shape index (κ2) is 4.81. The average Bonchev–Trinajstić information content (AvgIpc) is 3.14. The first-order valence-corrected chi connectivity index (χ1v) is 5.42. The second-order valence-corrected chi connectivity index (χ2v) is 3.86. The molecule has 5 heteroatoms. The molecule has 0 spiro atoms. The Morgan fingerprint density at radius 1 is 1.56 bits per heavy atom. The number of nitrogens with one attached hydrogen (secondary N) is 1. The Balaban J connectivity index is 2.14. The third-order valence-corrected chi connectivity index (χ3v) is 2.63. The van der Waals surface area contributed by atoms with Crippen LogP contribution >= 0.6 is 0 Å². The van der Waals surface area contributed by atoms with Crippen molar-refractivity contribution < 1.29 is 0 Å². The summed E-state index contributed by atoms with van der Waals surface area (Å²) >= 11 is 0. The summed E-state index contributed by atoms with van der Waals surface area (Å²) in [5.41, 5.74) is 2.53. The minimum Gasteiger partial charge on any atom is -0.353 e. The van der Waals surface area contributed by atoms with E-state index in [2.05, 4.69) is 21.4 Å². The molecule has 0 saturated heterocycles. The third kappa shape index (κ3) is 2.41. The van der Waals surface area contributed by atoms with Crippen LogP contribution in [0.5, 0.6) is 0 Å². The van der Waals surface area contributed by atoms with Gasteiger partial charge in [0.25, 0.3) is 0 Å². The van der Waals surface area contributed by atoms with Gasteiger partial charge in [-0.3, -0.25) is 0 Å². The number of nitrogen functional groups attached to an aromatic ring is 1. The molecule has 1 fully saturated rings. The van der Waals surface area contributed by atoms with Crippen LogP contribution in [0.15, 0.2) is 18.2 Å². The molecule has 0 amide bonds. The highest BCUT2D eigenvalue weighted by Crippen LogP contribution is 2.31. The fourth-order valence-corrected chi connectivity index (χ4v) is 1.70. The van der Waals surface area contributed by atoms with E-state index in [1.807, 2.05) is 18.2 Å². The maximum Gasteiger partial charge on any atom is 0.142 e. The summed E-state index contributed by atoms with van der Waals surface area (Å²) in [6.07, 6.45) is 2.90. The lowest BCUT2D eigenvalue weighted by atomic mass is 10.3. The standard InChI is InChI=1S/C11H15N5/c12-7-2-8-16(9-5-6-9)11-4-1-3-10(14-11)15-13/h1,3-4,9H,2,5-6,8,13H2,(H,14,15). The summed E-state index contributed by atoms with van der Waals surface area (Å²) in [7, 11) is 0. The van der Waals surface area contributed by atoms with Crippen LogP contribution in [-0.2, 0) is 0 Å². The van der Waals surface area contributed by atoms with Crippen molar-refractivity contribution in [3.05, 3.63) is 18.2 Å². The number of hydrogen-bond donors (Lipinski definition) is 2. The molecule has 16 heavy (non-hydrogen) atoms. The van der Waals surface area contributed by atoms with Crippen LogP contribution in [0.3, 0.4) is 0 Å². The molecule has 0 bridgehead atoms. The Morgan fingerprint density at radius 2 is 2.38 bits per heavy atom. The van der Waals surface area contributed by atoms with Crippen molar-refractivity contribution in [3.63, 3.8) is 0 Å². The van der Waals surface area contributed by atoms with E-state index < -0.39 is 0 Å². The van der Waals surface area contributed by atoms with E-state index in [0.717, 1.165) is 12.4 Å². The molecule has 1 heterocycles. The minimum atomic E-state index is 0.526. The number of nitriles is 1. The molecule has 0 aliphatic heterocycles. The molecule has 0 unspecified atom stereocenters. The number of nitrogens with zero attached hydrogens (tertiary/aromatic N) is 3. The summed E-state index contributed by atoms with van der Waals surface area (Å²) in [6, 6.07) is 8.41. The van der Waals surface area contributed by atoms with Gasteiger partial charge in [-0.1, -0.05) is 6.07 Å². The zero-order valence-electron chi connectivity index (χ0n) is 9.06. The Kier molecular flexibility index (Phi) is 3.22. The first-order valence-electron chi connectivity index (χ1n) is 5.42. The van der Waals surface area contributed by atoms with Gasteiger partial charge in [0.05, 0.1) is 12.5 Å². The molecule has 1 saturated carbocycles. The minimum absolute atomic E-state index is 0.526. The van der Waals surface area contributed by atoms with Crippen molar-refractivity contribution in [1.29, 1.82) is 5.26 Å². The molecule has 1 aliphatic carbocycles. The van der Waals surface area contributed by atoms with Crippen LogP contribution in [0.2, 0.25) is 0 Å². The second-order valence-electron chi connectivity index (χ2n) is 3.86. The first kappa shape index (κ1) is 10.7. The van der Waals surface area contributed by atoms with Gasteiger partial charge >= 0.3 is 0 Å². The van der Waals surface area contributed by atoms with Gasteiger partial charge in [-0.15, -0.1) is 0 Å². The molecular weight excluding hydrogens is 202 g/mol. The normalized spacial score (nSPS) is 14.2. The quantitative estimate of drug-likeness (QED) is 0.573. The van der Waals surface area contributed by atoms with Crippen molar-refractivity contribution in [3.8, 4) is 6.07 Å². The lowest BCUT2D eigenvalue weighted by Gasteiger charge is -2.22. The summed E-state index contributed by atoms with van der Waals surface area (Å²) < 4.78 is 0. The Labute approximate surface area is 94.8 Å². The molecule has 0 radical (unpaired) electrons. The molecule has 2 rings (SSSR count). The predicted octanol–water partition coefficient (Wildman–Crippen LogP) is 1.25. The van der Waals surface area contributed by atoms with Crippen molar-refractivity contribution >= 4 is 11.6 Å². The molecule has 1 aromatic rings. The van der Waals surface area contributed by atoms with E-state index in [0.29, 0.717) is 18.3 Å². The highest BCUT2D eigenvalue weighted by Gasteiger charge is 2.29. The van der Waals surface area contributed by atoms with Gasteiger partial charge in [0.1, 0.15) is 11.6 Å². The Morgan fingerprint density at radius 3 is 3.00 bits per heavy atom. The number of hydrazine groups is 1. The number of hydrogen-bond acceptors (Lipinski definition) is 5. The highest BCUT2D eigenvalue weighted by molar-refractivity contribution is 5.48. The van der Waals surface area contributed by atoms with Crippen molar-refractivity contribution in [2.45, 2.75) is 25.3 Å². The lowest BCUT2D eigenvalue weighted by molar-refractivity contribution is 0.778. The largest absolute Gasteiger partial charge is 0.353 e. The zero-order chi connectivity index (χ0) is 11.4. The van der Waals surface area contributed by atoms with Crippen molar-refractivity contribution in [2.75, 3.05) is 16.9 Å². The predicted molar refractivity (Wildman–Crippen MR) is 62.6 cm³/mol. The average molecular weight is 217 g/mol. The van der Waals surface area contributed by atoms with Gasteiger partial charge in [-0.05, 0) is 25.0 Å². The first-order chi connectivity index (χ1) is 7.85. The number of pyridine rings is 1. The SMILES string of the molecule is N#CCCN(c1cccc(NN)n1)C1CC1. The van der Waals surface area contributed by atoms with Gasteiger partial charge in [-0.25, -0.2) is 10.8 Å². The molecule has 0 atom stereocenters. The number of anilines is 2. The number of nitrogens with two attached hydrogens (primary N) is 1. The summed E-state index contributed by atoms with van der Waals surface area (Å²) in [5, 5.41) is 8.64. The molecule has 5 nitrogen and oxygen atoms in total. The highest BCUT2D eigenvalue weighted by atomic mass is 15.3. The van der Waals surface area contributed by atoms with Crippen LogP contribution in [0.25, 0.3) is 0 Å². The maximum absolute atomic E-state index is 8.64. The van der Waals surface area contributed by atoms with E-state index in [1.165, 1.54) is 12.8 Å². The van der Waals surface area contributed by atoms with Crippen LogP contribution in [0, 0.1) is 11.3 Å². The van der Waals surface area contributed by atoms with E-state index in [9.17, 15) is 0 Å². The molecular formula is C11H15N5. The summed E-state index contributed by atoms with van der Waals surface area (Å²) in [5.74, 6) is 6.88. The van der Waals surface area contributed by atoms with E-state index in [4.69, 9.17) is 11.1 Å². The van der Waals surface area contributed by atoms with Gasteiger partial charge < -0.3 is 10.3 Å². The van der Waals surface area contributed by atoms with Gasteiger partial charge in [0.2, 0.25) is 0 Å². The summed E-state index contributed by atoms with van der Waals surface area (Å²) in [4.78, 5) is 6.57. The van der Waals surface area contributed by atoms with Crippen molar-refractivity contribution in [1.82, 2.24) is 4.98 Å². The van der Waals surface area contributed by atoms with E-state index >= 15 is 0 Å². The lowest BCUT2D eigenvalue weighted by Crippen LogP contribution is -2.27. The topological polar surface area (TPSA) is 78.0 Å². The fraction of sp³-hybridized carbons (Fsp3) is 0.455. The Bertz CT molecular complexity index is 394. The molecule has 1 aliphatic rings. The molecule has 1 aromatic heterocycles. The number of rotatable bonds is 5. The van der Waals surface area contributed by atoms with Crippen LogP contribution in [0.4, 0.5) is 11.6 Å². The fourth-order valence-electron chi connectivity index (χ4n) is 1.70. The Hall–Kier alpha value is -1.80. The zero-order valence-corrected chi connectivity index (χ0v) is 9.06. The van der Waals surface area contributed by atoms with Gasteiger partial charge in [0, 0.05) is 12.6 Å². The monoisotopic (exact) mass is 217 g/mol. The number of aromatic nitrogens is 1. The van der Waals surface area contributed by atoms with Crippen LogP contribution in [0.1, 0.15) is 19.3 Å². The van der Waals surface area contributed by atoms with Crippen molar-refractivity contribution in [2.24, 2.45) is 5.84 Å². The van der Waals surface area contributed by atoms with Gasteiger partial charge in [-0.2, -0.15) is 5.26 Å². The van der Waals surface area contributed by atoms with E-state index in [-0.39, 0.29) is 0 Å². The van der Waals surface area contributed by atoms with E-state index in [1.54, 1.807) is 0 Å². The molecule has 84 valence electrons.